The van der Waals surface area contributed by atoms with E-state index in [9.17, 15) is 8.42 Å². The zero-order valence-corrected chi connectivity index (χ0v) is 8.00. The van der Waals surface area contributed by atoms with Gasteiger partial charge in [0.15, 0.2) is 9.84 Å². The molecule has 0 aliphatic rings. The van der Waals surface area contributed by atoms with Crippen LogP contribution in [-0.2, 0) is 9.84 Å². The van der Waals surface area contributed by atoms with Gasteiger partial charge in [-0.25, -0.2) is 8.42 Å². The molecular formula is C8H11NO3S. The first kappa shape index (κ1) is 10.2. The molecule has 0 bridgehead atoms. The van der Waals surface area contributed by atoms with Gasteiger partial charge in [0.1, 0.15) is 5.88 Å². The summed E-state index contributed by atoms with van der Waals surface area (Å²) >= 11 is 0. The minimum atomic E-state index is -3.39. The molecule has 1 aromatic rings. The van der Waals surface area contributed by atoms with Gasteiger partial charge in [-0.05, 0) is 19.1 Å². The van der Waals surface area contributed by atoms with Gasteiger partial charge in [-0.2, -0.15) is 5.48 Å². The molecule has 4 nitrogen and oxygen atoms in total. The summed E-state index contributed by atoms with van der Waals surface area (Å²) in [5.41, 5.74) is 2.63. The summed E-state index contributed by atoms with van der Waals surface area (Å²) in [5.74, 6) is -0.462. The lowest BCUT2D eigenvalue weighted by atomic mass is 10.2. The van der Waals surface area contributed by atoms with Gasteiger partial charge in [0.05, 0.1) is 4.90 Å². The highest BCUT2D eigenvalue weighted by molar-refractivity contribution is 7.91. The Labute approximate surface area is 77.1 Å². The van der Waals surface area contributed by atoms with Crippen LogP contribution in [0.3, 0.4) is 0 Å². The topological polar surface area (TPSA) is 66.4 Å². The van der Waals surface area contributed by atoms with Crippen LogP contribution in [-0.4, -0.2) is 19.5 Å². The highest BCUT2D eigenvalue weighted by Crippen LogP contribution is 2.10. The first-order chi connectivity index (χ1) is 6.06. The van der Waals surface area contributed by atoms with Gasteiger partial charge < -0.3 is 5.21 Å². The fourth-order valence-electron chi connectivity index (χ4n) is 0.914. The molecule has 72 valence electrons. The average molecular weight is 201 g/mol. The van der Waals surface area contributed by atoms with Gasteiger partial charge in [-0.15, -0.1) is 0 Å². The lowest BCUT2D eigenvalue weighted by molar-refractivity contribution is 0.186. The second kappa shape index (κ2) is 3.87. The first-order valence-electron chi connectivity index (χ1n) is 3.72. The molecule has 13 heavy (non-hydrogen) atoms. The molecule has 0 fully saturated rings. The number of hydroxylamine groups is 1. The highest BCUT2D eigenvalue weighted by Gasteiger charge is 2.12. The molecular weight excluding hydrogens is 190 g/mol. The summed E-state index contributed by atoms with van der Waals surface area (Å²) in [6, 6.07) is 6.46. The second-order valence-electron chi connectivity index (χ2n) is 2.73. The fraction of sp³-hybridized carbons (Fsp3) is 0.250. The van der Waals surface area contributed by atoms with Crippen LogP contribution < -0.4 is 5.48 Å². The van der Waals surface area contributed by atoms with Gasteiger partial charge in [0.25, 0.3) is 0 Å². The maximum atomic E-state index is 11.3. The maximum Gasteiger partial charge on any atom is 0.193 e. The fourth-order valence-corrected chi connectivity index (χ4v) is 1.80. The van der Waals surface area contributed by atoms with Crippen LogP contribution in [0.25, 0.3) is 0 Å². The van der Waals surface area contributed by atoms with E-state index in [1.807, 2.05) is 6.92 Å². The van der Waals surface area contributed by atoms with E-state index in [0.29, 0.717) is 0 Å². The van der Waals surface area contributed by atoms with Crippen LogP contribution >= 0.6 is 0 Å². The van der Waals surface area contributed by atoms with E-state index < -0.39 is 15.7 Å². The van der Waals surface area contributed by atoms with E-state index in [2.05, 4.69) is 0 Å². The van der Waals surface area contributed by atoms with Crippen molar-refractivity contribution < 1.29 is 13.6 Å². The van der Waals surface area contributed by atoms with Gasteiger partial charge in [0, 0.05) is 0 Å². The van der Waals surface area contributed by atoms with Gasteiger partial charge in [0.2, 0.25) is 0 Å². The number of nitrogens with one attached hydrogen (secondary N) is 1. The minimum absolute atomic E-state index is 0.208. The summed E-state index contributed by atoms with van der Waals surface area (Å²) in [4.78, 5) is 0.208. The monoisotopic (exact) mass is 201 g/mol. The standard InChI is InChI=1S/C8H11NO3S/c1-7-2-4-8(5-3-7)13(11,12)6-9-10/h2-5,9-10H,6H2,1H3. The van der Waals surface area contributed by atoms with E-state index in [1.54, 1.807) is 17.6 Å². The summed E-state index contributed by atoms with van der Waals surface area (Å²) in [6.45, 7) is 1.88. The van der Waals surface area contributed by atoms with E-state index in [1.165, 1.54) is 12.1 Å². The van der Waals surface area contributed by atoms with Crippen LogP contribution in [0.15, 0.2) is 29.2 Å². The molecule has 2 N–H and O–H groups in total. The van der Waals surface area contributed by atoms with Crippen LogP contribution in [0.2, 0.25) is 0 Å². The molecule has 0 unspecified atom stereocenters. The summed E-state index contributed by atoms with van der Waals surface area (Å²) in [6.07, 6.45) is 0. The minimum Gasteiger partial charge on any atom is -0.316 e. The Morgan fingerprint density at radius 1 is 1.31 bits per heavy atom. The molecule has 0 atom stereocenters. The average Bonchev–Trinajstić information content (AvgIpc) is 2.05. The van der Waals surface area contributed by atoms with E-state index in [-0.39, 0.29) is 4.90 Å². The predicted molar refractivity (Wildman–Crippen MR) is 48.2 cm³/mol. The SMILES string of the molecule is Cc1ccc(S(=O)(=O)CNO)cc1. The van der Waals surface area contributed by atoms with Crippen molar-refractivity contribution >= 4 is 9.84 Å². The van der Waals surface area contributed by atoms with Crippen LogP contribution in [0.5, 0.6) is 0 Å². The van der Waals surface area contributed by atoms with Crippen LogP contribution in [0, 0.1) is 6.92 Å². The largest absolute Gasteiger partial charge is 0.316 e. The second-order valence-corrected chi connectivity index (χ2v) is 4.72. The van der Waals surface area contributed by atoms with Crippen molar-refractivity contribution in [2.75, 3.05) is 5.88 Å². The van der Waals surface area contributed by atoms with E-state index in [4.69, 9.17) is 5.21 Å². The van der Waals surface area contributed by atoms with Crippen molar-refractivity contribution in [3.05, 3.63) is 29.8 Å². The molecule has 5 heteroatoms. The molecule has 0 saturated carbocycles. The Bertz CT molecular complexity index is 369. The number of aryl methyl sites for hydroxylation is 1. The lowest BCUT2D eigenvalue weighted by Crippen LogP contribution is -2.19. The third-order valence-corrected chi connectivity index (χ3v) is 3.13. The Balaban J connectivity index is 3.02. The summed E-state index contributed by atoms with van der Waals surface area (Å²) in [7, 11) is -3.39. The number of rotatable bonds is 3. The van der Waals surface area contributed by atoms with Crippen molar-refractivity contribution in [2.45, 2.75) is 11.8 Å². The molecule has 1 aromatic carbocycles. The van der Waals surface area contributed by atoms with Gasteiger partial charge in [-0.1, -0.05) is 17.7 Å². The molecule has 0 radical (unpaired) electrons. The van der Waals surface area contributed by atoms with E-state index >= 15 is 0 Å². The number of benzene rings is 1. The van der Waals surface area contributed by atoms with Crippen LogP contribution in [0.4, 0.5) is 0 Å². The predicted octanol–water partition coefficient (Wildman–Crippen LogP) is 0.705. The maximum absolute atomic E-state index is 11.3. The molecule has 0 saturated heterocycles. The zero-order chi connectivity index (χ0) is 9.90. The third kappa shape index (κ3) is 2.51. The third-order valence-electron chi connectivity index (χ3n) is 1.63. The summed E-state index contributed by atoms with van der Waals surface area (Å²) in [5, 5.41) is 8.29. The molecule has 0 aromatic heterocycles. The summed E-state index contributed by atoms with van der Waals surface area (Å²) < 4.78 is 22.6. The first-order valence-corrected chi connectivity index (χ1v) is 5.38. The van der Waals surface area contributed by atoms with Crippen molar-refractivity contribution in [1.29, 1.82) is 0 Å². The Morgan fingerprint density at radius 2 is 1.85 bits per heavy atom. The molecule has 0 heterocycles. The zero-order valence-electron chi connectivity index (χ0n) is 7.19. The Hall–Kier alpha value is -0.910. The van der Waals surface area contributed by atoms with Gasteiger partial charge in [-0.3, -0.25) is 0 Å². The van der Waals surface area contributed by atoms with Crippen molar-refractivity contribution in [3.8, 4) is 0 Å². The number of sulfone groups is 1. The molecule has 0 spiro atoms. The van der Waals surface area contributed by atoms with E-state index in [0.717, 1.165) is 5.56 Å². The molecule has 1 rings (SSSR count). The smallest absolute Gasteiger partial charge is 0.193 e. The Kier molecular flexibility index (Phi) is 3.02. The van der Waals surface area contributed by atoms with Gasteiger partial charge >= 0.3 is 0 Å². The normalized spacial score (nSPS) is 11.5. The molecule has 0 amide bonds. The quantitative estimate of drug-likeness (QED) is 0.707. The highest BCUT2D eigenvalue weighted by atomic mass is 32.2. The lowest BCUT2D eigenvalue weighted by Gasteiger charge is -2.02. The van der Waals surface area contributed by atoms with Crippen molar-refractivity contribution in [1.82, 2.24) is 5.48 Å². The van der Waals surface area contributed by atoms with Crippen LogP contribution in [0.1, 0.15) is 5.56 Å². The van der Waals surface area contributed by atoms with Crippen molar-refractivity contribution in [3.63, 3.8) is 0 Å². The number of hydrogen-bond acceptors (Lipinski definition) is 4. The molecule has 0 aliphatic heterocycles. The van der Waals surface area contributed by atoms with Crippen molar-refractivity contribution in [2.24, 2.45) is 0 Å². The number of hydrogen-bond donors (Lipinski definition) is 2. The Morgan fingerprint density at radius 3 is 2.31 bits per heavy atom. The molecule has 0 aliphatic carbocycles.